The lowest BCUT2D eigenvalue weighted by Crippen LogP contribution is -2.40. The van der Waals surface area contributed by atoms with E-state index in [2.05, 4.69) is 11.5 Å². The fourth-order valence-electron chi connectivity index (χ4n) is 4.16. The van der Waals surface area contributed by atoms with E-state index in [-0.39, 0.29) is 12.4 Å². The molecule has 0 spiro atoms. The number of aryl methyl sites for hydroxylation is 1. The summed E-state index contributed by atoms with van der Waals surface area (Å²) in [6.45, 7) is 4.72. The van der Waals surface area contributed by atoms with Crippen LogP contribution >= 0.6 is 0 Å². The molecule has 2 rings (SSSR count). The number of aliphatic hydroxyl groups is 1. The molecular weight excluding hydrogens is 324 g/mol. The van der Waals surface area contributed by atoms with E-state index in [9.17, 15) is 9.90 Å². The highest BCUT2D eigenvalue weighted by atomic mass is 16.3. The van der Waals surface area contributed by atoms with Crippen LogP contribution in [0.15, 0.2) is 12.1 Å². The zero-order chi connectivity index (χ0) is 19.0. The molecule has 26 heavy (non-hydrogen) atoms. The average molecular weight is 363 g/mol. The first-order valence-corrected chi connectivity index (χ1v) is 10.6. The van der Waals surface area contributed by atoms with Crippen molar-refractivity contribution in [3.8, 4) is 0 Å². The Morgan fingerprint density at radius 2 is 2.00 bits per heavy atom. The second-order valence-electron chi connectivity index (χ2n) is 8.44. The smallest absolute Gasteiger partial charge is 0.179 e. The predicted molar refractivity (Wildman–Crippen MR) is 107 cm³/mol. The normalized spacial score (nSPS) is 18.0. The summed E-state index contributed by atoms with van der Waals surface area (Å²) in [4.78, 5) is 12.7. The summed E-state index contributed by atoms with van der Waals surface area (Å²) in [6, 6.07) is 4.02. The Balaban J connectivity index is 1.82. The average Bonchev–Trinajstić information content (AvgIpc) is 3.07. The van der Waals surface area contributed by atoms with E-state index in [1.807, 2.05) is 19.1 Å². The van der Waals surface area contributed by atoms with E-state index < -0.39 is 5.54 Å². The number of carbonyl (C=O) groups is 1. The van der Waals surface area contributed by atoms with Crippen LogP contribution in [0.3, 0.4) is 0 Å². The molecule has 3 N–H and O–H groups in total. The molecule has 0 radical (unpaired) electrons. The molecule has 0 saturated heterocycles. The van der Waals surface area contributed by atoms with E-state index >= 15 is 0 Å². The molecule has 0 amide bonds. The molecule has 0 bridgehead atoms. The number of aliphatic hydroxyl groups excluding tert-OH is 1. The Morgan fingerprint density at radius 1 is 1.27 bits per heavy atom. The number of carbonyl (C=O) groups excluding carboxylic acids is 1. The zero-order valence-corrected chi connectivity index (χ0v) is 16.8. The summed E-state index contributed by atoms with van der Waals surface area (Å²) in [5, 5.41) is 9.32. The van der Waals surface area contributed by atoms with Crippen LogP contribution < -0.4 is 5.73 Å². The Bertz CT molecular complexity index is 556. The molecular formula is C22H38N2O2. The minimum atomic E-state index is -0.563. The molecule has 1 aromatic rings. The first kappa shape index (κ1) is 21.2. The molecule has 148 valence electrons. The fraction of sp³-hybridized carbons (Fsp3) is 0.773. The number of aromatic nitrogens is 1. The van der Waals surface area contributed by atoms with Gasteiger partial charge in [-0.3, -0.25) is 4.79 Å². The van der Waals surface area contributed by atoms with Crippen molar-refractivity contribution >= 4 is 5.78 Å². The zero-order valence-electron chi connectivity index (χ0n) is 16.8. The molecule has 1 saturated carbocycles. The van der Waals surface area contributed by atoms with Crippen molar-refractivity contribution in [2.24, 2.45) is 11.7 Å². The number of nitrogens with two attached hydrogens (primary N) is 1. The topological polar surface area (TPSA) is 68.2 Å². The first-order valence-electron chi connectivity index (χ1n) is 10.6. The van der Waals surface area contributed by atoms with Gasteiger partial charge in [-0.2, -0.15) is 0 Å². The van der Waals surface area contributed by atoms with E-state index in [1.54, 1.807) is 0 Å². The van der Waals surface area contributed by atoms with Gasteiger partial charge in [-0.25, -0.2) is 0 Å². The highest BCUT2D eigenvalue weighted by Gasteiger charge is 2.20. The number of unbranched alkanes of at least 4 members (excludes halogenated alkanes) is 1. The fourth-order valence-corrected chi connectivity index (χ4v) is 4.16. The van der Waals surface area contributed by atoms with Crippen LogP contribution in [0.4, 0.5) is 0 Å². The van der Waals surface area contributed by atoms with Crippen LogP contribution in [0.5, 0.6) is 0 Å². The van der Waals surface area contributed by atoms with Gasteiger partial charge in [-0.15, -0.1) is 0 Å². The molecule has 1 heterocycles. The maximum absolute atomic E-state index is 12.7. The van der Waals surface area contributed by atoms with Gasteiger partial charge < -0.3 is 15.4 Å². The molecule has 1 aromatic heterocycles. The highest BCUT2D eigenvalue weighted by molar-refractivity contribution is 5.94. The van der Waals surface area contributed by atoms with Gasteiger partial charge in [0, 0.05) is 24.2 Å². The maximum atomic E-state index is 12.7. The summed E-state index contributed by atoms with van der Waals surface area (Å²) in [6.07, 6.45) is 12.6. The lowest BCUT2D eigenvalue weighted by Gasteiger charge is -2.22. The molecule has 1 aliphatic rings. The van der Waals surface area contributed by atoms with E-state index in [0.29, 0.717) is 12.8 Å². The highest BCUT2D eigenvalue weighted by Crippen LogP contribution is 2.28. The van der Waals surface area contributed by atoms with Crippen LogP contribution in [-0.4, -0.2) is 27.6 Å². The van der Waals surface area contributed by atoms with Crippen LogP contribution in [0, 0.1) is 5.92 Å². The van der Waals surface area contributed by atoms with Crippen molar-refractivity contribution < 1.29 is 9.90 Å². The summed E-state index contributed by atoms with van der Waals surface area (Å²) in [5.41, 5.74) is 7.45. The van der Waals surface area contributed by atoms with Gasteiger partial charge in [-0.1, -0.05) is 44.9 Å². The predicted octanol–water partition coefficient (Wildman–Crippen LogP) is 4.47. The van der Waals surface area contributed by atoms with Crippen molar-refractivity contribution in [3.63, 3.8) is 0 Å². The monoisotopic (exact) mass is 362 g/mol. The van der Waals surface area contributed by atoms with Gasteiger partial charge in [0.2, 0.25) is 0 Å². The van der Waals surface area contributed by atoms with Crippen molar-refractivity contribution in [2.75, 3.05) is 6.61 Å². The van der Waals surface area contributed by atoms with Crippen molar-refractivity contribution in [2.45, 2.75) is 96.6 Å². The third kappa shape index (κ3) is 6.24. The van der Waals surface area contributed by atoms with Crippen LogP contribution in [0.1, 0.15) is 94.2 Å². The van der Waals surface area contributed by atoms with Crippen molar-refractivity contribution in [3.05, 3.63) is 23.5 Å². The summed E-state index contributed by atoms with van der Waals surface area (Å²) < 4.78 is 2.12. The minimum Gasteiger partial charge on any atom is -0.394 e. The summed E-state index contributed by atoms with van der Waals surface area (Å²) in [7, 11) is 0. The molecule has 1 atom stereocenters. The third-order valence-electron chi connectivity index (χ3n) is 5.98. The van der Waals surface area contributed by atoms with Crippen molar-refractivity contribution in [1.82, 2.24) is 4.57 Å². The van der Waals surface area contributed by atoms with Crippen molar-refractivity contribution in [1.29, 1.82) is 0 Å². The number of Topliss-reactive ketones (excluding diaryl/α,β-unsaturated/α-hetero) is 1. The molecule has 1 fully saturated rings. The molecule has 1 aliphatic carbocycles. The molecule has 4 nitrogen and oxygen atoms in total. The van der Waals surface area contributed by atoms with Gasteiger partial charge in [0.05, 0.1) is 12.3 Å². The second kappa shape index (κ2) is 10.3. The SMILES string of the molecule is CCn1c(CCC(C)(N)CO)ccc1C(=O)CCCCC1CCCCC1. The number of ketones is 1. The quantitative estimate of drug-likeness (QED) is 0.451. The number of hydrogen-bond donors (Lipinski definition) is 2. The third-order valence-corrected chi connectivity index (χ3v) is 5.98. The molecule has 0 aliphatic heterocycles. The van der Waals surface area contributed by atoms with Crippen LogP contribution in [-0.2, 0) is 13.0 Å². The standard InChI is InChI=1S/C22H38N2O2/c1-3-24-19(15-16-22(2,23)17-25)13-14-20(24)21(26)12-8-7-11-18-9-5-4-6-10-18/h13-14,18,25H,3-12,15-17,23H2,1-2H3. The largest absolute Gasteiger partial charge is 0.394 e. The number of rotatable bonds is 11. The van der Waals surface area contributed by atoms with Gasteiger partial charge in [-0.05, 0) is 51.2 Å². The molecule has 4 heteroatoms. The van der Waals surface area contributed by atoms with Gasteiger partial charge in [0.25, 0.3) is 0 Å². The number of hydrogen-bond acceptors (Lipinski definition) is 3. The summed E-state index contributed by atoms with van der Waals surface area (Å²) in [5.74, 6) is 1.17. The van der Waals surface area contributed by atoms with E-state index in [0.717, 1.165) is 36.7 Å². The first-order chi connectivity index (χ1) is 12.5. The van der Waals surface area contributed by atoms with Crippen LogP contribution in [0.25, 0.3) is 0 Å². The molecule has 0 aromatic carbocycles. The molecule has 1 unspecified atom stereocenters. The van der Waals surface area contributed by atoms with E-state index in [4.69, 9.17) is 5.73 Å². The van der Waals surface area contributed by atoms with Crippen LogP contribution in [0.2, 0.25) is 0 Å². The van der Waals surface area contributed by atoms with E-state index in [1.165, 1.54) is 44.9 Å². The lowest BCUT2D eigenvalue weighted by molar-refractivity contribution is 0.0969. The Hall–Kier alpha value is -1.13. The van der Waals surface area contributed by atoms with Gasteiger partial charge >= 0.3 is 0 Å². The summed E-state index contributed by atoms with van der Waals surface area (Å²) >= 11 is 0. The van der Waals surface area contributed by atoms with Gasteiger partial charge in [0.1, 0.15) is 0 Å². The maximum Gasteiger partial charge on any atom is 0.179 e. The Kier molecular flexibility index (Phi) is 8.36. The second-order valence-corrected chi connectivity index (χ2v) is 8.44. The van der Waals surface area contributed by atoms with Gasteiger partial charge in [0.15, 0.2) is 5.78 Å². The Labute approximate surface area is 159 Å². The Morgan fingerprint density at radius 3 is 2.65 bits per heavy atom. The lowest BCUT2D eigenvalue weighted by atomic mass is 9.85. The number of nitrogens with zero attached hydrogens (tertiary/aromatic N) is 1. The minimum absolute atomic E-state index is 0.0212.